The Labute approximate surface area is 103 Å². The maximum absolute atomic E-state index is 5.75. The number of rotatable bonds is 3. The maximum atomic E-state index is 5.75. The first kappa shape index (κ1) is 11.1. The lowest BCUT2D eigenvalue weighted by Crippen LogP contribution is -1.96. The highest BCUT2D eigenvalue weighted by molar-refractivity contribution is 9.10. The van der Waals surface area contributed by atoms with Crippen molar-refractivity contribution in [3.63, 3.8) is 0 Å². The van der Waals surface area contributed by atoms with Crippen LogP contribution in [-0.4, -0.2) is 4.98 Å². The summed E-state index contributed by atoms with van der Waals surface area (Å²) in [4.78, 5) is 3.97. The standard InChI is InChI=1S/C13H12BrNO/c1-10-2-3-12(14)8-13(10)16-9-11-4-6-15-7-5-11/h2-8H,9H2,1H3. The Hall–Kier alpha value is -1.35. The van der Waals surface area contributed by atoms with E-state index in [4.69, 9.17) is 4.74 Å². The molecule has 1 aromatic carbocycles. The van der Waals surface area contributed by atoms with Gasteiger partial charge in [0.1, 0.15) is 12.4 Å². The predicted octanol–water partition coefficient (Wildman–Crippen LogP) is 3.73. The van der Waals surface area contributed by atoms with Gasteiger partial charge in [0.25, 0.3) is 0 Å². The number of nitrogens with zero attached hydrogens (tertiary/aromatic N) is 1. The smallest absolute Gasteiger partial charge is 0.123 e. The number of halogens is 1. The second-order valence-corrected chi connectivity index (χ2v) is 4.47. The molecule has 16 heavy (non-hydrogen) atoms. The Morgan fingerprint density at radius 1 is 1.19 bits per heavy atom. The van der Waals surface area contributed by atoms with E-state index in [9.17, 15) is 0 Å². The number of aromatic nitrogens is 1. The second kappa shape index (κ2) is 5.12. The van der Waals surface area contributed by atoms with Crippen molar-refractivity contribution < 1.29 is 4.74 Å². The Kier molecular flexibility index (Phi) is 3.57. The van der Waals surface area contributed by atoms with Gasteiger partial charge in [-0.1, -0.05) is 22.0 Å². The van der Waals surface area contributed by atoms with Gasteiger partial charge in [0, 0.05) is 16.9 Å². The minimum atomic E-state index is 0.569. The number of hydrogen-bond donors (Lipinski definition) is 0. The lowest BCUT2D eigenvalue weighted by molar-refractivity contribution is 0.304. The van der Waals surface area contributed by atoms with Crippen LogP contribution in [0.2, 0.25) is 0 Å². The van der Waals surface area contributed by atoms with Crippen LogP contribution in [0, 0.1) is 6.92 Å². The van der Waals surface area contributed by atoms with Crippen LogP contribution in [0.15, 0.2) is 47.2 Å². The molecule has 0 atom stereocenters. The molecule has 0 aliphatic carbocycles. The minimum absolute atomic E-state index is 0.569. The Morgan fingerprint density at radius 2 is 1.94 bits per heavy atom. The summed E-state index contributed by atoms with van der Waals surface area (Å²) < 4.78 is 6.78. The van der Waals surface area contributed by atoms with Crippen molar-refractivity contribution in [2.24, 2.45) is 0 Å². The predicted molar refractivity (Wildman–Crippen MR) is 67.4 cm³/mol. The van der Waals surface area contributed by atoms with E-state index < -0.39 is 0 Å². The lowest BCUT2D eigenvalue weighted by Gasteiger charge is -2.09. The molecule has 2 aromatic rings. The molecule has 2 rings (SSSR count). The number of benzene rings is 1. The third-order valence-corrected chi connectivity index (χ3v) is 2.79. The van der Waals surface area contributed by atoms with Crippen LogP contribution in [0.4, 0.5) is 0 Å². The van der Waals surface area contributed by atoms with Gasteiger partial charge in [-0.25, -0.2) is 0 Å². The van der Waals surface area contributed by atoms with Crippen molar-refractivity contribution in [1.82, 2.24) is 4.98 Å². The molecular formula is C13H12BrNO. The Bertz CT molecular complexity index is 471. The normalized spacial score (nSPS) is 10.1. The largest absolute Gasteiger partial charge is 0.489 e. The van der Waals surface area contributed by atoms with Crippen LogP contribution >= 0.6 is 15.9 Å². The van der Waals surface area contributed by atoms with Crippen LogP contribution in [0.3, 0.4) is 0 Å². The molecule has 0 N–H and O–H groups in total. The van der Waals surface area contributed by atoms with Crippen molar-refractivity contribution in [3.05, 3.63) is 58.3 Å². The van der Waals surface area contributed by atoms with E-state index >= 15 is 0 Å². The molecule has 1 heterocycles. The fraction of sp³-hybridized carbons (Fsp3) is 0.154. The number of ether oxygens (including phenoxy) is 1. The lowest BCUT2D eigenvalue weighted by atomic mass is 10.2. The first-order chi connectivity index (χ1) is 7.75. The zero-order valence-electron chi connectivity index (χ0n) is 8.98. The van der Waals surface area contributed by atoms with Crippen LogP contribution in [0.5, 0.6) is 5.75 Å². The highest BCUT2D eigenvalue weighted by atomic mass is 79.9. The van der Waals surface area contributed by atoms with Gasteiger partial charge in [-0.3, -0.25) is 4.98 Å². The molecule has 0 saturated carbocycles. The SMILES string of the molecule is Cc1ccc(Br)cc1OCc1ccncc1. The fourth-order valence-electron chi connectivity index (χ4n) is 1.37. The highest BCUT2D eigenvalue weighted by Crippen LogP contribution is 2.23. The van der Waals surface area contributed by atoms with Gasteiger partial charge in [-0.2, -0.15) is 0 Å². The van der Waals surface area contributed by atoms with E-state index in [1.165, 1.54) is 0 Å². The van der Waals surface area contributed by atoms with Crippen molar-refractivity contribution in [2.45, 2.75) is 13.5 Å². The second-order valence-electron chi connectivity index (χ2n) is 3.55. The molecule has 0 amide bonds. The third kappa shape index (κ3) is 2.83. The molecule has 0 aliphatic heterocycles. The van der Waals surface area contributed by atoms with Gasteiger partial charge in [0.15, 0.2) is 0 Å². The van der Waals surface area contributed by atoms with E-state index in [0.717, 1.165) is 21.3 Å². The van der Waals surface area contributed by atoms with Crippen LogP contribution in [0.1, 0.15) is 11.1 Å². The summed E-state index contributed by atoms with van der Waals surface area (Å²) in [6.45, 7) is 2.61. The molecule has 82 valence electrons. The van der Waals surface area contributed by atoms with Crippen LogP contribution in [0.25, 0.3) is 0 Å². The molecule has 0 fully saturated rings. The molecule has 0 saturated heterocycles. The quantitative estimate of drug-likeness (QED) is 0.853. The van der Waals surface area contributed by atoms with Gasteiger partial charge >= 0.3 is 0 Å². The molecule has 0 bridgehead atoms. The van der Waals surface area contributed by atoms with Gasteiger partial charge < -0.3 is 4.74 Å². The van der Waals surface area contributed by atoms with Crippen LogP contribution in [-0.2, 0) is 6.61 Å². The molecular weight excluding hydrogens is 266 g/mol. The average Bonchev–Trinajstić information content (AvgIpc) is 2.32. The summed E-state index contributed by atoms with van der Waals surface area (Å²) in [5.74, 6) is 0.909. The van der Waals surface area contributed by atoms with Gasteiger partial charge in [-0.05, 0) is 42.3 Å². The average molecular weight is 278 g/mol. The van der Waals surface area contributed by atoms with E-state index in [1.807, 2.05) is 37.3 Å². The van der Waals surface area contributed by atoms with Crippen molar-refractivity contribution in [2.75, 3.05) is 0 Å². The monoisotopic (exact) mass is 277 g/mol. The first-order valence-electron chi connectivity index (χ1n) is 5.03. The third-order valence-electron chi connectivity index (χ3n) is 2.29. The number of hydrogen-bond acceptors (Lipinski definition) is 2. The van der Waals surface area contributed by atoms with Gasteiger partial charge in [-0.15, -0.1) is 0 Å². The molecule has 2 nitrogen and oxygen atoms in total. The van der Waals surface area contributed by atoms with Gasteiger partial charge in [0.2, 0.25) is 0 Å². The van der Waals surface area contributed by atoms with E-state index in [-0.39, 0.29) is 0 Å². The minimum Gasteiger partial charge on any atom is -0.489 e. The number of aryl methyl sites for hydroxylation is 1. The number of pyridine rings is 1. The summed E-state index contributed by atoms with van der Waals surface area (Å²) in [5.41, 5.74) is 2.26. The van der Waals surface area contributed by atoms with Crippen molar-refractivity contribution >= 4 is 15.9 Å². The topological polar surface area (TPSA) is 22.1 Å². The Morgan fingerprint density at radius 3 is 2.69 bits per heavy atom. The highest BCUT2D eigenvalue weighted by Gasteiger charge is 2.00. The van der Waals surface area contributed by atoms with Crippen molar-refractivity contribution in [1.29, 1.82) is 0 Å². The Balaban J connectivity index is 2.08. The molecule has 3 heteroatoms. The molecule has 0 aliphatic rings. The zero-order valence-corrected chi connectivity index (χ0v) is 10.6. The molecule has 0 spiro atoms. The summed E-state index contributed by atoms with van der Waals surface area (Å²) in [6, 6.07) is 9.93. The van der Waals surface area contributed by atoms with E-state index in [0.29, 0.717) is 6.61 Å². The van der Waals surface area contributed by atoms with Crippen molar-refractivity contribution in [3.8, 4) is 5.75 Å². The van der Waals surface area contributed by atoms with Crippen LogP contribution < -0.4 is 4.74 Å². The molecule has 0 unspecified atom stereocenters. The summed E-state index contributed by atoms with van der Waals surface area (Å²) in [5, 5.41) is 0. The zero-order chi connectivity index (χ0) is 11.4. The fourth-order valence-corrected chi connectivity index (χ4v) is 1.71. The molecule has 1 aromatic heterocycles. The molecule has 0 radical (unpaired) electrons. The summed E-state index contributed by atoms with van der Waals surface area (Å²) >= 11 is 3.43. The first-order valence-corrected chi connectivity index (χ1v) is 5.83. The summed E-state index contributed by atoms with van der Waals surface area (Å²) in [7, 11) is 0. The maximum Gasteiger partial charge on any atom is 0.123 e. The summed E-state index contributed by atoms with van der Waals surface area (Å²) in [6.07, 6.45) is 3.54. The van der Waals surface area contributed by atoms with Gasteiger partial charge in [0.05, 0.1) is 0 Å². The van der Waals surface area contributed by atoms with E-state index in [1.54, 1.807) is 12.4 Å². The van der Waals surface area contributed by atoms with E-state index in [2.05, 4.69) is 20.9 Å².